The van der Waals surface area contributed by atoms with Crippen molar-refractivity contribution in [2.24, 2.45) is 0 Å². The number of unbranched alkanes of at least 4 members (excludes halogenated alkanes) is 2. The Labute approximate surface area is 161 Å². The maximum Gasteiger partial charge on any atom is 0.425 e. The van der Waals surface area contributed by atoms with Gasteiger partial charge in [0.05, 0.1) is 5.56 Å². The summed E-state index contributed by atoms with van der Waals surface area (Å²) in [6.07, 6.45) is 4.85. The molecule has 0 radical (unpaired) electrons. The van der Waals surface area contributed by atoms with Crippen LogP contribution in [0, 0.1) is 0 Å². The van der Waals surface area contributed by atoms with Crippen LogP contribution in [0.2, 0.25) is 0 Å². The molecule has 1 aromatic carbocycles. The fourth-order valence-electron chi connectivity index (χ4n) is 2.30. The molecule has 3 amide bonds. The largest absolute Gasteiger partial charge is 0.478 e. The SMILES string of the molecule is O=C(CCCCCN1C(=O)C=CC1=O)Nc1ccc(C(=O)O)cc1.O=S(=O)=O. The van der Waals surface area contributed by atoms with Crippen molar-refractivity contribution >= 4 is 40.0 Å². The van der Waals surface area contributed by atoms with Gasteiger partial charge in [-0.15, -0.1) is 12.6 Å². The summed E-state index contributed by atoms with van der Waals surface area (Å²) < 4.78 is 25.3. The van der Waals surface area contributed by atoms with Crippen molar-refractivity contribution in [1.29, 1.82) is 0 Å². The van der Waals surface area contributed by atoms with E-state index in [-0.39, 0.29) is 23.3 Å². The van der Waals surface area contributed by atoms with Crippen molar-refractivity contribution in [3.63, 3.8) is 0 Å². The number of hydrogen-bond acceptors (Lipinski definition) is 7. The van der Waals surface area contributed by atoms with Crippen molar-refractivity contribution in [2.45, 2.75) is 25.7 Å². The van der Waals surface area contributed by atoms with E-state index in [4.69, 9.17) is 17.7 Å². The highest BCUT2D eigenvalue weighted by molar-refractivity contribution is 7.59. The molecule has 0 spiro atoms. The van der Waals surface area contributed by atoms with E-state index in [1.54, 1.807) is 12.1 Å². The number of carboxylic acids is 1. The molecule has 1 aliphatic heterocycles. The van der Waals surface area contributed by atoms with Crippen LogP contribution in [0.3, 0.4) is 0 Å². The maximum absolute atomic E-state index is 11.8. The van der Waals surface area contributed by atoms with E-state index >= 15 is 0 Å². The number of carbonyl (C=O) groups is 4. The van der Waals surface area contributed by atoms with Gasteiger partial charge in [0.2, 0.25) is 5.91 Å². The third kappa shape index (κ3) is 8.36. The van der Waals surface area contributed by atoms with Crippen molar-refractivity contribution < 1.29 is 36.9 Å². The first-order chi connectivity index (χ1) is 13.2. The molecule has 0 saturated carbocycles. The minimum absolute atomic E-state index is 0.159. The summed E-state index contributed by atoms with van der Waals surface area (Å²) in [5.74, 6) is -1.75. The van der Waals surface area contributed by atoms with E-state index in [9.17, 15) is 19.2 Å². The number of nitrogens with zero attached hydrogens (tertiary/aromatic N) is 1. The first-order valence-electron chi connectivity index (χ1n) is 8.14. The molecule has 1 aliphatic rings. The zero-order valence-corrected chi connectivity index (χ0v) is 15.5. The average molecular weight is 410 g/mol. The van der Waals surface area contributed by atoms with Gasteiger partial charge >= 0.3 is 16.6 Å². The van der Waals surface area contributed by atoms with Crippen LogP contribution in [0.5, 0.6) is 0 Å². The lowest BCUT2D eigenvalue weighted by molar-refractivity contribution is -0.136. The molecule has 2 N–H and O–H groups in total. The molecule has 150 valence electrons. The zero-order valence-electron chi connectivity index (χ0n) is 14.7. The molecular weight excluding hydrogens is 392 g/mol. The lowest BCUT2D eigenvalue weighted by atomic mass is 10.1. The van der Waals surface area contributed by atoms with Gasteiger partial charge in [0.15, 0.2) is 0 Å². The van der Waals surface area contributed by atoms with Gasteiger partial charge in [-0.25, -0.2) is 4.79 Å². The highest BCUT2D eigenvalue weighted by Gasteiger charge is 2.22. The minimum atomic E-state index is -3.11. The van der Waals surface area contributed by atoms with Crippen LogP contribution in [0.1, 0.15) is 36.0 Å². The third-order valence-corrected chi connectivity index (χ3v) is 3.60. The first kappa shape index (κ1) is 22.7. The summed E-state index contributed by atoms with van der Waals surface area (Å²) >= 11 is 0. The number of nitrogens with one attached hydrogen (secondary N) is 1. The molecule has 0 fully saturated rings. The summed E-state index contributed by atoms with van der Waals surface area (Å²) in [4.78, 5) is 46.4. The third-order valence-electron chi connectivity index (χ3n) is 3.60. The quantitative estimate of drug-likeness (QED) is 0.471. The van der Waals surface area contributed by atoms with Gasteiger partial charge in [0, 0.05) is 30.8 Å². The van der Waals surface area contributed by atoms with E-state index in [1.807, 2.05) is 0 Å². The lowest BCUT2D eigenvalue weighted by Crippen LogP contribution is -2.30. The summed E-state index contributed by atoms with van der Waals surface area (Å²) in [5.41, 5.74) is 0.706. The predicted octanol–water partition coefficient (Wildman–Crippen LogP) is 0.805. The Morgan fingerprint density at radius 3 is 1.96 bits per heavy atom. The summed E-state index contributed by atoms with van der Waals surface area (Å²) in [5, 5.41) is 11.5. The van der Waals surface area contributed by atoms with Crippen LogP contribution in [-0.4, -0.2) is 52.9 Å². The number of hydrogen-bond donors (Lipinski definition) is 2. The molecule has 0 aromatic heterocycles. The predicted molar refractivity (Wildman–Crippen MR) is 96.1 cm³/mol. The van der Waals surface area contributed by atoms with E-state index in [0.29, 0.717) is 31.5 Å². The van der Waals surface area contributed by atoms with Crippen molar-refractivity contribution in [3.8, 4) is 0 Å². The summed E-state index contributed by atoms with van der Waals surface area (Å²) in [6.45, 7) is 0.364. The lowest BCUT2D eigenvalue weighted by Gasteiger charge is -2.13. The van der Waals surface area contributed by atoms with Crippen molar-refractivity contribution in [1.82, 2.24) is 4.90 Å². The molecule has 10 nitrogen and oxygen atoms in total. The molecular formula is C17H18N2O8S. The fourth-order valence-corrected chi connectivity index (χ4v) is 2.30. The van der Waals surface area contributed by atoms with Crippen LogP contribution >= 0.6 is 0 Å². The average Bonchev–Trinajstić information content (AvgIpc) is 2.93. The number of anilines is 1. The van der Waals surface area contributed by atoms with Gasteiger partial charge in [-0.2, -0.15) is 0 Å². The van der Waals surface area contributed by atoms with Crippen molar-refractivity contribution in [3.05, 3.63) is 42.0 Å². The topological polar surface area (TPSA) is 155 Å². The number of rotatable bonds is 8. The normalized spacial score (nSPS) is 12.4. The van der Waals surface area contributed by atoms with E-state index < -0.39 is 16.6 Å². The number of amides is 3. The molecule has 28 heavy (non-hydrogen) atoms. The van der Waals surface area contributed by atoms with E-state index in [1.165, 1.54) is 29.2 Å². The standard InChI is InChI=1S/C17H18N2O5.O3S/c20-14(18-13-7-5-12(6-8-13)17(23)24)4-2-1-3-11-19-15(21)9-10-16(19)22;1-4(2)3/h5-10H,1-4,11H2,(H,18,20)(H,23,24);. The smallest absolute Gasteiger partial charge is 0.425 e. The zero-order chi connectivity index (χ0) is 21.1. The molecule has 0 atom stereocenters. The fraction of sp³-hybridized carbons (Fsp3) is 0.294. The molecule has 2 rings (SSSR count). The Balaban J connectivity index is 0.000000892. The Morgan fingerprint density at radius 1 is 0.929 bits per heavy atom. The van der Waals surface area contributed by atoms with Gasteiger partial charge < -0.3 is 10.4 Å². The van der Waals surface area contributed by atoms with Gasteiger partial charge in [-0.1, -0.05) is 6.42 Å². The molecule has 1 aromatic rings. The highest BCUT2D eigenvalue weighted by atomic mass is 32.2. The number of imide groups is 1. The maximum atomic E-state index is 11.8. The van der Waals surface area contributed by atoms with Crippen LogP contribution in [0.4, 0.5) is 5.69 Å². The Morgan fingerprint density at radius 2 is 1.46 bits per heavy atom. The minimum Gasteiger partial charge on any atom is -0.478 e. The van der Waals surface area contributed by atoms with Crippen LogP contribution in [-0.2, 0) is 25.0 Å². The number of carbonyl (C=O) groups excluding carboxylic acids is 3. The van der Waals surface area contributed by atoms with Crippen LogP contribution in [0.25, 0.3) is 0 Å². The molecule has 11 heteroatoms. The monoisotopic (exact) mass is 410 g/mol. The second-order valence-corrected chi connectivity index (χ2v) is 6.02. The number of carboxylic acid groups (broad SMARTS) is 1. The summed E-state index contributed by atoms with van der Waals surface area (Å²) in [7, 11) is -3.11. The highest BCUT2D eigenvalue weighted by Crippen LogP contribution is 2.11. The van der Waals surface area contributed by atoms with E-state index in [2.05, 4.69) is 5.32 Å². The Bertz CT molecular complexity index is 850. The molecule has 0 unspecified atom stereocenters. The second kappa shape index (κ2) is 11.4. The van der Waals surface area contributed by atoms with Gasteiger partial charge in [0.25, 0.3) is 11.8 Å². The summed E-state index contributed by atoms with van der Waals surface area (Å²) in [6, 6.07) is 5.93. The Kier molecular flexibility index (Phi) is 9.23. The van der Waals surface area contributed by atoms with Gasteiger partial charge in [0.1, 0.15) is 0 Å². The molecule has 1 heterocycles. The Hall–Kier alpha value is -3.34. The van der Waals surface area contributed by atoms with Crippen molar-refractivity contribution in [2.75, 3.05) is 11.9 Å². The van der Waals surface area contributed by atoms with E-state index in [0.717, 1.165) is 6.42 Å². The number of benzene rings is 1. The van der Waals surface area contributed by atoms with Gasteiger partial charge in [-0.3, -0.25) is 19.3 Å². The molecule has 0 aliphatic carbocycles. The second-order valence-electron chi connectivity index (χ2n) is 5.61. The van der Waals surface area contributed by atoms with Crippen LogP contribution in [0.15, 0.2) is 36.4 Å². The molecule has 0 saturated heterocycles. The number of aromatic carboxylic acids is 1. The molecule has 0 bridgehead atoms. The first-order valence-corrected chi connectivity index (χ1v) is 9.14. The van der Waals surface area contributed by atoms with Crippen LogP contribution < -0.4 is 5.32 Å². The van der Waals surface area contributed by atoms with Gasteiger partial charge in [-0.05, 0) is 37.1 Å².